The molecule has 4 rings (SSSR count). The highest BCUT2D eigenvalue weighted by Crippen LogP contribution is 2.50. The monoisotopic (exact) mass is 470 g/mol. The Balaban J connectivity index is 1.84. The van der Waals surface area contributed by atoms with E-state index >= 15 is 0 Å². The number of nitrogens with zero attached hydrogens (tertiary/aromatic N) is 1. The van der Waals surface area contributed by atoms with Crippen LogP contribution in [0.4, 0.5) is 0 Å². The topological polar surface area (TPSA) is 75.7 Å². The number of hydrogen-bond donors (Lipinski definition) is 1. The first-order valence-electron chi connectivity index (χ1n) is 11.8. The lowest BCUT2D eigenvalue weighted by molar-refractivity contribution is -0.147. The second kappa shape index (κ2) is 10.6. The summed E-state index contributed by atoms with van der Waals surface area (Å²) in [5, 5.41) is 3.09. The first-order valence-corrected chi connectivity index (χ1v) is 11.8. The van der Waals surface area contributed by atoms with E-state index < -0.39 is 29.9 Å². The van der Waals surface area contributed by atoms with Crippen molar-refractivity contribution in [3.8, 4) is 0 Å². The molecule has 3 aromatic rings. The Labute approximate surface area is 205 Å². The van der Waals surface area contributed by atoms with Crippen LogP contribution >= 0.6 is 0 Å². The van der Waals surface area contributed by atoms with E-state index in [-0.39, 0.29) is 17.9 Å². The van der Waals surface area contributed by atoms with Crippen molar-refractivity contribution < 1.29 is 19.1 Å². The maximum absolute atomic E-state index is 13.9. The van der Waals surface area contributed by atoms with Crippen molar-refractivity contribution in [3.63, 3.8) is 0 Å². The zero-order valence-corrected chi connectivity index (χ0v) is 20.1. The van der Waals surface area contributed by atoms with E-state index in [0.29, 0.717) is 0 Å². The maximum Gasteiger partial charge on any atom is 0.311 e. The van der Waals surface area contributed by atoms with E-state index in [0.717, 1.165) is 16.7 Å². The summed E-state index contributed by atoms with van der Waals surface area (Å²) in [5.74, 6) is -2.38. The summed E-state index contributed by atoms with van der Waals surface area (Å²) in [6.45, 7) is 3.35. The standard InChI is InChI=1S/C29H30N2O4/c1-19(21-13-7-4-8-14-21)30-28(33)27-24(22-15-9-5-10-16-22)25(29(34)35-3)26(31(27)20(2)32)23-17-11-6-12-18-23/h4-19,24-27H,1-3H3,(H,30,33). The van der Waals surface area contributed by atoms with Crippen LogP contribution in [-0.2, 0) is 19.1 Å². The van der Waals surface area contributed by atoms with Gasteiger partial charge >= 0.3 is 5.97 Å². The van der Waals surface area contributed by atoms with Crippen LogP contribution in [0.5, 0.6) is 0 Å². The molecule has 1 heterocycles. The van der Waals surface area contributed by atoms with Gasteiger partial charge < -0.3 is 15.0 Å². The largest absolute Gasteiger partial charge is 0.469 e. The molecule has 0 spiro atoms. The molecule has 6 heteroatoms. The van der Waals surface area contributed by atoms with Crippen LogP contribution in [0, 0.1) is 5.92 Å². The summed E-state index contributed by atoms with van der Waals surface area (Å²) in [6, 6.07) is 26.6. The predicted molar refractivity (Wildman–Crippen MR) is 133 cm³/mol. The van der Waals surface area contributed by atoms with Crippen molar-refractivity contribution in [1.82, 2.24) is 10.2 Å². The molecular weight excluding hydrogens is 440 g/mol. The summed E-state index contributed by atoms with van der Waals surface area (Å²) in [6.07, 6.45) is 0. The Morgan fingerprint density at radius 3 is 1.86 bits per heavy atom. The Morgan fingerprint density at radius 2 is 1.34 bits per heavy atom. The molecular formula is C29H30N2O4. The number of esters is 1. The molecule has 180 valence electrons. The van der Waals surface area contributed by atoms with Gasteiger partial charge in [0.25, 0.3) is 0 Å². The molecule has 35 heavy (non-hydrogen) atoms. The highest BCUT2D eigenvalue weighted by Gasteiger charge is 2.57. The molecule has 5 unspecified atom stereocenters. The van der Waals surface area contributed by atoms with Crippen molar-refractivity contribution in [2.45, 2.75) is 37.9 Å². The fraction of sp³-hybridized carbons (Fsp3) is 0.276. The first-order chi connectivity index (χ1) is 16.9. The third-order valence-electron chi connectivity index (χ3n) is 6.76. The number of carbonyl (C=O) groups excluding carboxylic acids is 3. The Kier molecular flexibility index (Phi) is 7.30. The normalized spacial score (nSPS) is 22.3. The van der Waals surface area contributed by atoms with Gasteiger partial charge in [-0.1, -0.05) is 91.0 Å². The van der Waals surface area contributed by atoms with Crippen molar-refractivity contribution in [2.24, 2.45) is 5.92 Å². The van der Waals surface area contributed by atoms with Crippen molar-refractivity contribution in [1.29, 1.82) is 0 Å². The third kappa shape index (κ3) is 4.83. The second-order valence-electron chi connectivity index (χ2n) is 8.85. The Bertz CT molecular complexity index is 1170. The van der Waals surface area contributed by atoms with E-state index in [4.69, 9.17) is 4.74 Å². The van der Waals surface area contributed by atoms with Crippen LogP contribution in [0.1, 0.15) is 48.5 Å². The summed E-state index contributed by atoms with van der Waals surface area (Å²) in [4.78, 5) is 41.9. The van der Waals surface area contributed by atoms with Crippen molar-refractivity contribution >= 4 is 17.8 Å². The van der Waals surface area contributed by atoms with Gasteiger partial charge in [0.05, 0.1) is 25.1 Å². The first kappa shape index (κ1) is 24.2. The van der Waals surface area contributed by atoms with E-state index in [1.54, 1.807) is 4.90 Å². The molecule has 0 saturated carbocycles. The van der Waals surface area contributed by atoms with E-state index in [9.17, 15) is 14.4 Å². The molecule has 5 atom stereocenters. The number of nitrogens with one attached hydrogen (secondary N) is 1. The molecule has 0 aliphatic carbocycles. The molecule has 1 fully saturated rings. The number of carbonyl (C=O) groups is 3. The van der Waals surface area contributed by atoms with Gasteiger partial charge in [-0.05, 0) is 23.6 Å². The van der Waals surface area contributed by atoms with Gasteiger partial charge in [0.2, 0.25) is 11.8 Å². The smallest absolute Gasteiger partial charge is 0.311 e. The molecule has 6 nitrogen and oxygen atoms in total. The summed E-state index contributed by atoms with van der Waals surface area (Å²) in [5.41, 5.74) is 2.54. The molecule has 1 N–H and O–H groups in total. The molecule has 0 radical (unpaired) electrons. The van der Waals surface area contributed by atoms with Crippen LogP contribution in [0.2, 0.25) is 0 Å². The zero-order chi connectivity index (χ0) is 24.9. The fourth-order valence-corrected chi connectivity index (χ4v) is 5.21. The van der Waals surface area contributed by atoms with Crippen molar-refractivity contribution in [3.05, 3.63) is 108 Å². The molecule has 1 aliphatic rings. The van der Waals surface area contributed by atoms with Crippen molar-refractivity contribution in [2.75, 3.05) is 7.11 Å². The SMILES string of the molecule is COC(=O)C1C(c2ccccc2)C(C(=O)NC(C)c2ccccc2)N(C(C)=O)C1c1ccccc1. The predicted octanol–water partition coefficient (Wildman–Crippen LogP) is 4.41. The van der Waals surface area contributed by atoms with Gasteiger partial charge in [0, 0.05) is 12.8 Å². The van der Waals surface area contributed by atoms with Crippen LogP contribution in [0.3, 0.4) is 0 Å². The lowest BCUT2D eigenvalue weighted by Gasteiger charge is -2.31. The second-order valence-corrected chi connectivity index (χ2v) is 8.85. The van der Waals surface area contributed by atoms with Gasteiger partial charge in [-0.25, -0.2) is 0 Å². The number of hydrogen-bond acceptors (Lipinski definition) is 4. The van der Waals surface area contributed by atoms with Crippen LogP contribution in [0.25, 0.3) is 0 Å². The Hall–Kier alpha value is -3.93. The summed E-state index contributed by atoms with van der Waals surface area (Å²) in [7, 11) is 1.34. The quantitative estimate of drug-likeness (QED) is 0.542. The maximum atomic E-state index is 13.9. The Morgan fingerprint density at radius 1 is 0.829 bits per heavy atom. The summed E-state index contributed by atoms with van der Waals surface area (Å²) >= 11 is 0. The minimum atomic E-state index is -0.893. The molecule has 1 aliphatic heterocycles. The van der Waals surface area contributed by atoms with Gasteiger partial charge in [0.15, 0.2) is 0 Å². The molecule has 0 bridgehead atoms. The number of methoxy groups -OCH3 is 1. The zero-order valence-electron chi connectivity index (χ0n) is 20.1. The third-order valence-corrected chi connectivity index (χ3v) is 6.76. The van der Waals surface area contributed by atoms with E-state index in [1.807, 2.05) is 97.9 Å². The number of ether oxygens (including phenoxy) is 1. The summed E-state index contributed by atoms with van der Waals surface area (Å²) < 4.78 is 5.24. The lowest BCUT2D eigenvalue weighted by atomic mass is 9.79. The van der Waals surface area contributed by atoms with Crippen LogP contribution < -0.4 is 5.32 Å². The lowest BCUT2D eigenvalue weighted by Crippen LogP contribution is -2.48. The van der Waals surface area contributed by atoms with Gasteiger partial charge in [0.1, 0.15) is 6.04 Å². The van der Waals surface area contributed by atoms with Gasteiger partial charge in [-0.3, -0.25) is 14.4 Å². The average molecular weight is 471 g/mol. The highest BCUT2D eigenvalue weighted by molar-refractivity contribution is 5.92. The van der Waals surface area contributed by atoms with E-state index in [1.165, 1.54) is 14.0 Å². The van der Waals surface area contributed by atoms with Gasteiger partial charge in [-0.2, -0.15) is 0 Å². The van der Waals surface area contributed by atoms with Crippen LogP contribution in [0.15, 0.2) is 91.0 Å². The minimum Gasteiger partial charge on any atom is -0.469 e. The highest BCUT2D eigenvalue weighted by atomic mass is 16.5. The minimum absolute atomic E-state index is 0.277. The number of amides is 2. The average Bonchev–Trinajstić information content (AvgIpc) is 3.26. The molecule has 2 amide bonds. The molecule has 3 aromatic carbocycles. The van der Waals surface area contributed by atoms with E-state index in [2.05, 4.69) is 5.32 Å². The van der Waals surface area contributed by atoms with Crippen LogP contribution in [-0.4, -0.2) is 35.8 Å². The number of likely N-dealkylation sites (tertiary alicyclic amines) is 1. The number of rotatable bonds is 6. The fourth-order valence-electron chi connectivity index (χ4n) is 5.21. The number of benzene rings is 3. The van der Waals surface area contributed by atoms with Gasteiger partial charge in [-0.15, -0.1) is 0 Å². The molecule has 0 aromatic heterocycles. The molecule has 1 saturated heterocycles.